The molecule has 5 nitrogen and oxygen atoms in total. The Morgan fingerprint density at radius 3 is 2.55 bits per heavy atom. The van der Waals surface area contributed by atoms with E-state index < -0.39 is 0 Å². The van der Waals surface area contributed by atoms with Crippen molar-refractivity contribution >= 4 is 5.82 Å². The molecule has 114 valence electrons. The minimum Gasteiger partial charge on any atom is -0.478 e. The lowest BCUT2D eigenvalue weighted by Crippen LogP contribution is -2.11. The highest BCUT2D eigenvalue weighted by atomic mass is 16.5. The molecule has 1 aromatic rings. The van der Waals surface area contributed by atoms with Gasteiger partial charge >= 0.3 is 0 Å². The van der Waals surface area contributed by atoms with E-state index in [1.165, 1.54) is 0 Å². The fraction of sp³-hybridized carbons (Fsp3) is 0.733. The number of hydrogen-bond donors (Lipinski definition) is 1. The van der Waals surface area contributed by atoms with Crippen LogP contribution in [0.5, 0.6) is 5.88 Å². The molecular weight excluding hydrogens is 254 g/mol. The molecule has 0 aliphatic rings. The van der Waals surface area contributed by atoms with E-state index in [4.69, 9.17) is 9.47 Å². The molecule has 5 heteroatoms. The summed E-state index contributed by atoms with van der Waals surface area (Å²) in [5.74, 6) is 2.53. The van der Waals surface area contributed by atoms with E-state index in [1.807, 2.05) is 26.8 Å². The average Bonchev–Trinajstić information content (AvgIpc) is 2.38. The molecule has 1 rings (SSSR count). The summed E-state index contributed by atoms with van der Waals surface area (Å²) in [6, 6.07) is 1.85. The summed E-state index contributed by atoms with van der Waals surface area (Å²) in [5.41, 5.74) is 0. The number of ether oxygens (including phenoxy) is 2. The van der Waals surface area contributed by atoms with Crippen molar-refractivity contribution in [3.05, 3.63) is 11.9 Å². The second-order valence-corrected chi connectivity index (χ2v) is 5.24. The zero-order valence-electron chi connectivity index (χ0n) is 13.3. The normalized spacial score (nSPS) is 11.2. The predicted octanol–water partition coefficient (Wildman–Crippen LogP) is 3.23. The van der Waals surface area contributed by atoms with Gasteiger partial charge in [0, 0.05) is 25.1 Å². The van der Waals surface area contributed by atoms with Crippen molar-refractivity contribution in [2.24, 2.45) is 0 Å². The molecule has 0 fully saturated rings. The Labute approximate surface area is 122 Å². The topological polar surface area (TPSA) is 56.3 Å². The Bertz CT molecular complexity index is 395. The van der Waals surface area contributed by atoms with Crippen LogP contribution in [-0.4, -0.2) is 35.8 Å². The van der Waals surface area contributed by atoms with Gasteiger partial charge in [-0.3, -0.25) is 0 Å². The van der Waals surface area contributed by atoms with Gasteiger partial charge in [-0.1, -0.05) is 13.8 Å². The van der Waals surface area contributed by atoms with Crippen molar-refractivity contribution in [1.82, 2.24) is 9.97 Å². The molecule has 0 radical (unpaired) electrons. The van der Waals surface area contributed by atoms with Gasteiger partial charge in [0.1, 0.15) is 11.6 Å². The van der Waals surface area contributed by atoms with Gasteiger partial charge in [-0.2, -0.15) is 4.98 Å². The average molecular weight is 281 g/mol. The lowest BCUT2D eigenvalue weighted by atomic mass is 10.2. The van der Waals surface area contributed by atoms with Crippen molar-refractivity contribution in [3.63, 3.8) is 0 Å². The van der Waals surface area contributed by atoms with Gasteiger partial charge in [0.15, 0.2) is 0 Å². The standard InChI is InChI=1S/C15H27N3O2/c1-6-19-14-10-13(17-15(18-14)11(2)3)16-8-7-9-20-12(4)5/h10-12H,6-9H2,1-5H3,(H,16,17,18). The summed E-state index contributed by atoms with van der Waals surface area (Å²) in [4.78, 5) is 8.90. The molecule has 1 aromatic heterocycles. The number of aromatic nitrogens is 2. The molecule has 0 aliphatic carbocycles. The fourth-order valence-electron chi connectivity index (χ4n) is 1.62. The third-order valence-electron chi connectivity index (χ3n) is 2.61. The maximum atomic E-state index is 5.51. The van der Waals surface area contributed by atoms with E-state index in [9.17, 15) is 0 Å². The van der Waals surface area contributed by atoms with Crippen molar-refractivity contribution in [2.45, 2.75) is 53.1 Å². The van der Waals surface area contributed by atoms with E-state index in [0.29, 0.717) is 12.5 Å². The van der Waals surface area contributed by atoms with E-state index >= 15 is 0 Å². The van der Waals surface area contributed by atoms with Crippen LogP contribution in [0.1, 0.15) is 52.8 Å². The lowest BCUT2D eigenvalue weighted by molar-refractivity contribution is 0.0787. The molecule has 1 heterocycles. The Morgan fingerprint density at radius 1 is 1.20 bits per heavy atom. The summed E-state index contributed by atoms with van der Waals surface area (Å²) in [6.45, 7) is 12.4. The van der Waals surface area contributed by atoms with E-state index in [1.54, 1.807) is 0 Å². The highest BCUT2D eigenvalue weighted by Crippen LogP contribution is 2.18. The number of anilines is 1. The number of nitrogens with zero attached hydrogens (tertiary/aromatic N) is 2. The molecule has 0 spiro atoms. The molecule has 0 bridgehead atoms. The largest absolute Gasteiger partial charge is 0.478 e. The van der Waals surface area contributed by atoms with Gasteiger partial charge in [0.05, 0.1) is 12.7 Å². The molecule has 1 N–H and O–H groups in total. The first-order chi connectivity index (χ1) is 9.52. The van der Waals surface area contributed by atoms with Crippen LogP contribution >= 0.6 is 0 Å². The number of hydrogen-bond acceptors (Lipinski definition) is 5. The van der Waals surface area contributed by atoms with Gasteiger partial charge in [-0.05, 0) is 27.2 Å². The lowest BCUT2D eigenvalue weighted by Gasteiger charge is -2.12. The van der Waals surface area contributed by atoms with Crippen molar-refractivity contribution in [1.29, 1.82) is 0 Å². The van der Waals surface area contributed by atoms with Gasteiger partial charge in [-0.25, -0.2) is 4.98 Å². The molecule has 0 amide bonds. The van der Waals surface area contributed by atoms with Crippen LogP contribution in [-0.2, 0) is 4.74 Å². The SMILES string of the molecule is CCOc1cc(NCCCOC(C)C)nc(C(C)C)n1. The van der Waals surface area contributed by atoms with Crippen LogP contribution in [0.2, 0.25) is 0 Å². The predicted molar refractivity (Wildman–Crippen MR) is 81.5 cm³/mol. The van der Waals surface area contributed by atoms with Crippen LogP contribution in [0, 0.1) is 0 Å². The monoisotopic (exact) mass is 281 g/mol. The molecule has 20 heavy (non-hydrogen) atoms. The Hall–Kier alpha value is -1.36. The second kappa shape index (κ2) is 8.74. The maximum absolute atomic E-state index is 5.51. The maximum Gasteiger partial charge on any atom is 0.218 e. The van der Waals surface area contributed by atoms with Crippen LogP contribution in [0.25, 0.3) is 0 Å². The molecule has 0 aromatic carbocycles. The van der Waals surface area contributed by atoms with Gasteiger partial charge < -0.3 is 14.8 Å². The first-order valence-corrected chi connectivity index (χ1v) is 7.40. The van der Waals surface area contributed by atoms with E-state index in [2.05, 4.69) is 29.1 Å². The van der Waals surface area contributed by atoms with Crippen LogP contribution in [0.4, 0.5) is 5.82 Å². The highest BCUT2D eigenvalue weighted by Gasteiger charge is 2.08. The molecule has 0 aliphatic heterocycles. The zero-order valence-corrected chi connectivity index (χ0v) is 13.3. The molecule has 0 saturated heterocycles. The van der Waals surface area contributed by atoms with Gasteiger partial charge in [0.25, 0.3) is 0 Å². The van der Waals surface area contributed by atoms with Crippen LogP contribution < -0.4 is 10.1 Å². The smallest absolute Gasteiger partial charge is 0.218 e. The number of nitrogens with one attached hydrogen (secondary N) is 1. The zero-order chi connectivity index (χ0) is 15.0. The van der Waals surface area contributed by atoms with Crippen molar-refractivity contribution in [3.8, 4) is 5.88 Å². The van der Waals surface area contributed by atoms with Crippen LogP contribution in [0.3, 0.4) is 0 Å². The van der Waals surface area contributed by atoms with Gasteiger partial charge in [-0.15, -0.1) is 0 Å². The van der Waals surface area contributed by atoms with Gasteiger partial charge in [0.2, 0.25) is 5.88 Å². The van der Waals surface area contributed by atoms with Crippen molar-refractivity contribution < 1.29 is 9.47 Å². The van der Waals surface area contributed by atoms with Crippen LogP contribution in [0.15, 0.2) is 6.07 Å². The quantitative estimate of drug-likeness (QED) is 0.704. The van der Waals surface area contributed by atoms with E-state index in [-0.39, 0.29) is 12.0 Å². The summed E-state index contributed by atoms with van der Waals surface area (Å²) >= 11 is 0. The molecule has 0 unspecified atom stereocenters. The summed E-state index contributed by atoms with van der Waals surface area (Å²) in [5, 5.41) is 3.30. The second-order valence-electron chi connectivity index (χ2n) is 5.24. The summed E-state index contributed by atoms with van der Waals surface area (Å²) in [6.07, 6.45) is 1.23. The fourth-order valence-corrected chi connectivity index (χ4v) is 1.62. The summed E-state index contributed by atoms with van der Waals surface area (Å²) in [7, 11) is 0. The Morgan fingerprint density at radius 2 is 1.95 bits per heavy atom. The van der Waals surface area contributed by atoms with E-state index in [0.717, 1.165) is 31.2 Å². The minimum atomic E-state index is 0.278. The molecule has 0 atom stereocenters. The third kappa shape index (κ3) is 6.19. The molecule has 0 saturated carbocycles. The first kappa shape index (κ1) is 16.7. The Kier molecular flexibility index (Phi) is 7.30. The highest BCUT2D eigenvalue weighted by molar-refractivity contribution is 5.38. The first-order valence-electron chi connectivity index (χ1n) is 7.40. The summed E-state index contributed by atoms with van der Waals surface area (Å²) < 4.78 is 11.0. The third-order valence-corrected chi connectivity index (χ3v) is 2.61. The Balaban J connectivity index is 2.55. The minimum absolute atomic E-state index is 0.278. The molecular formula is C15H27N3O2. The van der Waals surface area contributed by atoms with Crippen molar-refractivity contribution in [2.75, 3.05) is 25.1 Å². The number of rotatable bonds is 9.